The van der Waals surface area contributed by atoms with E-state index in [1.807, 2.05) is 114 Å². The molecule has 0 aliphatic rings. The number of hydrogen-bond acceptors (Lipinski definition) is 4. The number of carbonyl (C=O) groups is 2. The van der Waals surface area contributed by atoms with Crippen molar-refractivity contribution in [2.75, 3.05) is 0 Å². The zero-order chi connectivity index (χ0) is 24.3. The van der Waals surface area contributed by atoms with E-state index in [4.69, 9.17) is 9.47 Å². The second-order valence-corrected chi connectivity index (χ2v) is 10.6. The largest absolute Gasteiger partial charge is 0.459 e. The summed E-state index contributed by atoms with van der Waals surface area (Å²) in [6.45, 7) is 10.9. The van der Waals surface area contributed by atoms with E-state index in [-0.39, 0.29) is 12.8 Å². The van der Waals surface area contributed by atoms with Gasteiger partial charge in [0, 0.05) is 6.42 Å². The van der Waals surface area contributed by atoms with Crippen LogP contribution < -0.4 is 0 Å². The summed E-state index contributed by atoms with van der Waals surface area (Å²) in [5, 5.41) is 2.06. The minimum absolute atomic E-state index is 0.174. The van der Waals surface area contributed by atoms with Gasteiger partial charge in [-0.05, 0) is 69.9 Å². The molecule has 0 atom stereocenters. The number of esters is 2. The van der Waals surface area contributed by atoms with E-state index in [2.05, 4.69) is 0 Å². The summed E-state index contributed by atoms with van der Waals surface area (Å²) in [6.07, 6.45) is 0.355. The van der Waals surface area contributed by atoms with Gasteiger partial charge in [0.1, 0.15) is 11.2 Å². The van der Waals surface area contributed by atoms with Gasteiger partial charge in [-0.15, -0.1) is 0 Å². The van der Waals surface area contributed by atoms with Crippen molar-refractivity contribution in [2.45, 2.75) is 65.6 Å². The van der Waals surface area contributed by atoms with Gasteiger partial charge >= 0.3 is 11.9 Å². The van der Waals surface area contributed by atoms with Crippen LogP contribution in [0.25, 0.3) is 10.8 Å². The fourth-order valence-corrected chi connectivity index (χ4v) is 3.90. The first kappa shape index (κ1) is 24.5. The lowest BCUT2D eigenvalue weighted by Gasteiger charge is -2.35. The van der Waals surface area contributed by atoms with Gasteiger partial charge in [0.05, 0.1) is 0 Å². The molecule has 0 aliphatic carbocycles. The first-order valence-electron chi connectivity index (χ1n) is 11.4. The van der Waals surface area contributed by atoms with Crippen LogP contribution in [-0.4, -0.2) is 23.1 Å². The van der Waals surface area contributed by atoms with Gasteiger partial charge in [-0.25, -0.2) is 0 Å². The van der Waals surface area contributed by atoms with Crippen LogP contribution in [0.2, 0.25) is 0 Å². The van der Waals surface area contributed by atoms with E-state index >= 15 is 0 Å². The molecular weight excluding hydrogens is 412 g/mol. The average Bonchev–Trinajstić information content (AvgIpc) is 2.71. The molecular formula is C29H34O4. The first-order chi connectivity index (χ1) is 15.4. The number of fused-ring (bicyclic) bond motifs is 1. The third-order valence-corrected chi connectivity index (χ3v) is 5.30. The lowest BCUT2D eigenvalue weighted by atomic mass is 9.75. The SMILES string of the molecule is CC(C)(C)OC(=O)C(Cc1ccccc1)(Cc1cccc2ccccc12)C(=O)OC(C)(C)C. The van der Waals surface area contributed by atoms with Gasteiger partial charge in [-0.3, -0.25) is 9.59 Å². The van der Waals surface area contributed by atoms with Crippen molar-refractivity contribution in [3.05, 3.63) is 83.9 Å². The fraction of sp³-hybridized carbons (Fsp3) is 0.379. The molecule has 3 aromatic carbocycles. The standard InChI is InChI=1S/C29H34O4/c1-27(2,3)32-25(30)29(26(31)33-28(4,5)6,19-21-13-8-7-9-14-21)20-23-17-12-16-22-15-10-11-18-24(22)23/h7-18H,19-20H2,1-6H3. The van der Waals surface area contributed by atoms with Crippen molar-refractivity contribution in [1.82, 2.24) is 0 Å². The van der Waals surface area contributed by atoms with Crippen LogP contribution in [0.3, 0.4) is 0 Å². The molecule has 0 saturated heterocycles. The van der Waals surface area contributed by atoms with Crippen molar-refractivity contribution in [3.63, 3.8) is 0 Å². The van der Waals surface area contributed by atoms with E-state index < -0.39 is 28.6 Å². The van der Waals surface area contributed by atoms with Crippen molar-refractivity contribution in [1.29, 1.82) is 0 Å². The summed E-state index contributed by atoms with van der Waals surface area (Å²) in [5.41, 5.74) is -1.26. The third-order valence-electron chi connectivity index (χ3n) is 5.30. The maximum absolute atomic E-state index is 13.8. The Hall–Kier alpha value is -3.14. The van der Waals surface area contributed by atoms with Crippen LogP contribution >= 0.6 is 0 Å². The Kier molecular flexibility index (Phi) is 6.97. The number of carbonyl (C=O) groups excluding carboxylic acids is 2. The van der Waals surface area contributed by atoms with Crippen molar-refractivity contribution < 1.29 is 19.1 Å². The van der Waals surface area contributed by atoms with Gasteiger partial charge in [0.25, 0.3) is 0 Å². The second kappa shape index (κ2) is 9.38. The summed E-state index contributed by atoms with van der Waals surface area (Å²) >= 11 is 0. The molecule has 0 spiro atoms. The van der Waals surface area contributed by atoms with E-state index in [0.717, 1.165) is 21.9 Å². The van der Waals surface area contributed by atoms with Crippen LogP contribution in [0.5, 0.6) is 0 Å². The Morgan fingerprint density at radius 1 is 0.636 bits per heavy atom. The predicted octanol–water partition coefficient (Wildman–Crippen LogP) is 6.29. The average molecular weight is 447 g/mol. The Morgan fingerprint density at radius 2 is 1.15 bits per heavy atom. The molecule has 0 heterocycles. The molecule has 33 heavy (non-hydrogen) atoms. The molecule has 0 bridgehead atoms. The Labute approximate surface area is 196 Å². The highest BCUT2D eigenvalue weighted by molar-refractivity contribution is 6.01. The molecule has 3 rings (SSSR count). The molecule has 0 saturated carbocycles. The molecule has 0 N–H and O–H groups in total. The second-order valence-electron chi connectivity index (χ2n) is 10.6. The van der Waals surface area contributed by atoms with Crippen LogP contribution in [0.4, 0.5) is 0 Å². The molecule has 4 nitrogen and oxygen atoms in total. The Morgan fingerprint density at radius 3 is 1.73 bits per heavy atom. The van der Waals surface area contributed by atoms with Gasteiger partial charge < -0.3 is 9.47 Å². The van der Waals surface area contributed by atoms with Crippen LogP contribution in [0, 0.1) is 5.41 Å². The summed E-state index contributed by atoms with van der Waals surface area (Å²) in [4.78, 5) is 27.7. The summed E-state index contributed by atoms with van der Waals surface area (Å²) < 4.78 is 11.7. The topological polar surface area (TPSA) is 52.6 Å². The van der Waals surface area contributed by atoms with Gasteiger partial charge in [0.15, 0.2) is 5.41 Å². The van der Waals surface area contributed by atoms with Gasteiger partial charge in [-0.2, -0.15) is 0 Å². The lowest BCUT2D eigenvalue weighted by Crippen LogP contribution is -2.49. The maximum Gasteiger partial charge on any atom is 0.324 e. The van der Waals surface area contributed by atoms with Crippen LogP contribution in [0.1, 0.15) is 52.7 Å². The summed E-state index contributed by atoms with van der Waals surface area (Å²) in [6, 6.07) is 23.5. The highest BCUT2D eigenvalue weighted by atomic mass is 16.6. The Balaban J connectivity index is 2.19. The number of hydrogen-bond donors (Lipinski definition) is 0. The highest BCUT2D eigenvalue weighted by Crippen LogP contribution is 2.36. The first-order valence-corrected chi connectivity index (χ1v) is 11.4. The van der Waals surface area contributed by atoms with E-state index in [9.17, 15) is 9.59 Å². The minimum Gasteiger partial charge on any atom is -0.459 e. The van der Waals surface area contributed by atoms with E-state index in [1.54, 1.807) is 0 Å². The summed E-state index contributed by atoms with van der Waals surface area (Å²) in [5.74, 6) is -1.14. The molecule has 0 amide bonds. The number of benzene rings is 3. The number of ether oxygens (including phenoxy) is 2. The molecule has 174 valence electrons. The zero-order valence-corrected chi connectivity index (χ0v) is 20.5. The Bertz CT molecular complexity index is 1080. The molecule has 0 fully saturated rings. The van der Waals surface area contributed by atoms with Crippen LogP contribution in [-0.2, 0) is 31.9 Å². The van der Waals surface area contributed by atoms with Crippen molar-refractivity contribution in [3.8, 4) is 0 Å². The predicted molar refractivity (Wildman–Crippen MR) is 132 cm³/mol. The molecule has 0 radical (unpaired) electrons. The zero-order valence-electron chi connectivity index (χ0n) is 20.5. The summed E-state index contributed by atoms with van der Waals surface area (Å²) in [7, 11) is 0. The fourth-order valence-electron chi connectivity index (χ4n) is 3.90. The minimum atomic E-state index is -1.54. The third kappa shape index (κ3) is 6.22. The normalized spacial score (nSPS) is 12.4. The smallest absolute Gasteiger partial charge is 0.324 e. The van der Waals surface area contributed by atoms with Crippen LogP contribution in [0.15, 0.2) is 72.8 Å². The van der Waals surface area contributed by atoms with Gasteiger partial charge in [0.2, 0.25) is 0 Å². The van der Waals surface area contributed by atoms with Crippen molar-refractivity contribution in [2.24, 2.45) is 5.41 Å². The monoisotopic (exact) mass is 446 g/mol. The van der Waals surface area contributed by atoms with Gasteiger partial charge in [-0.1, -0.05) is 72.8 Å². The quantitative estimate of drug-likeness (QED) is 0.330. The maximum atomic E-state index is 13.8. The molecule has 3 aromatic rings. The molecule has 0 aromatic heterocycles. The van der Waals surface area contributed by atoms with Crippen molar-refractivity contribution >= 4 is 22.7 Å². The molecule has 4 heteroatoms. The number of rotatable bonds is 6. The van der Waals surface area contributed by atoms with E-state index in [0.29, 0.717) is 0 Å². The lowest BCUT2D eigenvalue weighted by molar-refractivity contribution is -0.185. The molecule has 0 unspecified atom stereocenters. The molecule has 0 aliphatic heterocycles. The van der Waals surface area contributed by atoms with E-state index in [1.165, 1.54) is 0 Å². The highest BCUT2D eigenvalue weighted by Gasteiger charge is 2.51.